The third-order valence-corrected chi connectivity index (χ3v) is 5.42. The van der Waals surface area contributed by atoms with E-state index in [-0.39, 0.29) is 11.5 Å². The average Bonchev–Trinajstić information content (AvgIpc) is 2.69. The minimum Gasteiger partial charge on any atom is -0.508 e. The number of rotatable bonds is 12. The zero-order valence-electron chi connectivity index (χ0n) is 19.7. The SMILES string of the molecule is C/C(=C/CC/C(C)=C/CC/C(C)=C/CC/C(C)=C/Cc1cc(O)cc(C)c1O)C(=O)O. The molecule has 0 amide bonds. The highest BCUT2D eigenvalue weighted by Gasteiger charge is 2.05. The van der Waals surface area contributed by atoms with Gasteiger partial charge in [0.15, 0.2) is 0 Å². The summed E-state index contributed by atoms with van der Waals surface area (Å²) in [5.41, 5.74) is 5.79. The molecule has 0 heterocycles. The molecule has 0 saturated heterocycles. The smallest absolute Gasteiger partial charge is 0.330 e. The summed E-state index contributed by atoms with van der Waals surface area (Å²) in [6, 6.07) is 3.19. The number of aromatic hydroxyl groups is 2. The number of allylic oxidation sites excluding steroid dienone is 7. The molecule has 0 radical (unpaired) electrons. The maximum atomic E-state index is 10.8. The number of hydrogen-bond acceptors (Lipinski definition) is 3. The van der Waals surface area contributed by atoms with Crippen molar-refractivity contribution in [1.82, 2.24) is 0 Å². The Hall–Kier alpha value is -2.75. The highest BCUT2D eigenvalue weighted by atomic mass is 16.4. The zero-order valence-corrected chi connectivity index (χ0v) is 19.7. The molecular formula is C27H38O4. The van der Waals surface area contributed by atoms with Crippen LogP contribution in [0.3, 0.4) is 0 Å². The van der Waals surface area contributed by atoms with E-state index < -0.39 is 5.97 Å². The fraction of sp³-hybridized carbons (Fsp3) is 0.444. The van der Waals surface area contributed by atoms with Crippen molar-refractivity contribution in [3.63, 3.8) is 0 Å². The van der Waals surface area contributed by atoms with Crippen LogP contribution in [-0.2, 0) is 11.2 Å². The number of phenols is 2. The molecule has 4 nitrogen and oxygen atoms in total. The van der Waals surface area contributed by atoms with Gasteiger partial charge in [-0.3, -0.25) is 0 Å². The van der Waals surface area contributed by atoms with Gasteiger partial charge in [0.2, 0.25) is 0 Å². The van der Waals surface area contributed by atoms with Crippen molar-refractivity contribution in [1.29, 1.82) is 0 Å². The van der Waals surface area contributed by atoms with Crippen LogP contribution in [0, 0.1) is 6.92 Å². The summed E-state index contributed by atoms with van der Waals surface area (Å²) in [6.45, 7) is 9.78. The third-order valence-electron chi connectivity index (χ3n) is 5.42. The predicted octanol–water partition coefficient (Wildman–Crippen LogP) is 7.16. The summed E-state index contributed by atoms with van der Waals surface area (Å²) in [5, 5.41) is 28.7. The van der Waals surface area contributed by atoms with Crippen LogP contribution in [-0.4, -0.2) is 21.3 Å². The fourth-order valence-electron chi connectivity index (χ4n) is 3.27. The van der Waals surface area contributed by atoms with Gasteiger partial charge in [-0.2, -0.15) is 0 Å². The van der Waals surface area contributed by atoms with Crippen LogP contribution in [0.4, 0.5) is 0 Å². The van der Waals surface area contributed by atoms with Crippen molar-refractivity contribution >= 4 is 5.97 Å². The molecule has 4 heteroatoms. The summed E-state index contributed by atoms with van der Waals surface area (Å²) in [7, 11) is 0. The maximum absolute atomic E-state index is 10.8. The second-order valence-electron chi connectivity index (χ2n) is 8.43. The lowest BCUT2D eigenvalue weighted by molar-refractivity contribution is -0.132. The van der Waals surface area contributed by atoms with Gasteiger partial charge in [0.1, 0.15) is 11.5 Å². The number of carbonyl (C=O) groups is 1. The molecule has 0 spiro atoms. The lowest BCUT2D eigenvalue weighted by Gasteiger charge is -2.07. The second kappa shape index (κ2) is 13.5. The number of hydrogen-bond donors (Lipinski definition) is 3. The van der Waals surface area contributed by atoms with Gasteiger partial charge in [-0.1, -0.05) is 41.0 Å². The number of carboxylic acids is 1. The Balaban J connectivity index is 2.39. The Bertz CT molecular complexity index is 869. The number of benzene rings is 1. The number of phenolic OH excluding ortho intramolecular Hbond substituents is 2. The number of aryl methyl sites for hydroxylation is 1. The quantitative estimate of drug-likeness (QED) is 0.188. The first kappa shape index (κ1) is 26.3. The van der Waals surface area contributed by atoms with E-state index in [0.29, 0.717) is 17.6 Å². The first-order valence-electron chi connectivity index (χ1n) is 11.0. The monoisotopic (exact) mass is 426 g/mol. The van der Waals surface area contributed by atoms with Gasteiger partial charge in [0, 0.05) is 11.1 Å². The van der Waals surface area contributed by atoms with Crippen LogP contribution in [0.25, 0.3) is 0 Å². The average molecular weight is 427 g/mol. The Morgan fingerprint density at radius 2 is 1.29 bits per heavy atom. The first-order chi connectivity index (χ1) is 14.6. The maximum Gasteiger partial charge on any atom is 0.330 e. The van der Waals surface area contributed by atoms with Gasteiger partial charge >= 0.3 is 5.97 Å². The standard InChI is InChI=1S/C27H38O4/c1-19(9-6-10-20(2)13-8-14-22(4)27(30)31)11-7-12-21(3)15-16-24-18-25(28)17-23(5)26(24)29/h10-11,14-15,17-18,28-29H,6-9,12-13,16H2,1-5H3,(H,30,31)/b19-11+,20-10+,21-15+,22-14-. The van der Waals surface area contributed by atoms with Crippen molar-refractivity contribution in [2.45, 2.75) is 79.6 Å². The van der Waals surface area contributed by atoms with Crippen LogP contribution in [0.5, 0.6) is 11.5 Å². The van der Waals surface area contributed by atoms with Gasteiger partial charge in [-0.05, 0) is 97.3 Å². The molecule has 170 valence electrons. The molecule has 0 unspecified atom stereocenters. The molecule has 0 aliphatic heterocycles. The van der Waals surface area contributed by atoms with Crippen molar-refractivity contribution < 1.29 is 20.1 Å². The summed E-state index contributed by atoms with van der Waals surface area (Å²) >= 11 is 0. The Labute approximate surface area is 187 Å². The van der Waals surface area contributed by atoms with Crippen LogP contribution in [0.15, 0.2) is 58.7 Å². The van der Waals surface area contributed by atoms with E-state index in [0.717, 1.165) is 44.1 Å². The first-order valence-corrected chi connectivity index (χ1v) is 11.0. The predicted molar refractivity (Wildman–Crippen MR) is 129 cm³/mol. The van der Waals surface area contributed by atoms with Crippen LogP contribution >= 0.6 is 0 Å². The van der Waals surface area contributed by atoms with Gasteiger partial charge in [-0.25, -0.2) is 4.79 Å². The number of carboxylic acid groups (broad SMARTS) is 1. The molecule has 0 aliphatic carbocycles. The molecule has 31 heavy (non-hydrogen) atoms. The Morgan fingerprint density at radius 3 is 1.81 bits per heavy atom. The van der Waals surface area contributed by atoms with Crippen molar-refractivity contribution in [3.8, 4) is 11.5 Å². The van der Waals surface area contributed by atoms with Crippen LogP contribution in [0.1, 0.15) is 77.3 Å². The van der Waals surface area contributed by atoms with Crippen molar-refractivity contribution in [2.75, 3.05) is 0 Å². The van der Waals surface area contributed by atoms with Crippen LogP contribution < -0.4 is 0 Å². The molecule has 1 aromatic rings. The van der Waals surface area contributed by atoms with E-state index in [1.165, 1.54) is 16.7 Å². The molecule has 0 aromatic heterocycles. The third kappa shape index (κ3) is 10.7. The summed E-state index contributed by atoms with van der Waals surface area (Å²) in [5.74, 6) is -0.403. The van der Waals surface area contributed by atoms with E-state index in [4.69, 9.17) is 5.11 Å². The van der Waals surface area contributed by atoms with E-state index in [1.807, 2.05) is 0 Å². The highest BCUT2D eigenvalue weighted by molar-refractivity contribution is 5.85. The van der Waals surface area contributed by atoms with Crippen molar-refractivity contribution in [3.05, 3.63) is 69.9 Å². The minimum absolute atomic E-state index is 0.186. The van der Waals surface area contributed by atoms with Gasteiger partial charge < -0.3 is 15.3 Å². The molecule has 0 aliphatic rings. The lowest BCUT2D eigenvalue weighted by atomic mass is 10.0. The van der Waals surface area contributed by atoms with Crippen molar-refractivity contribution in [2.24, 2.45) is 0 Å². The van der Waals surface area contributed by atoms with Gasteiger partial charge in [0.05, 0.1) is 0 Å². The molecular weight excluding hydrogens is 388 g/mol. The summed E-state index contributed by atoms with van der Waals surface area (Å²) in [6.07, 6.45) is 14.7. The Kier molecular flexibility index (Phi) is 11.5. The molecule has 1 rings (SSSR count). The molecule has 0 atom stereocenters. The normalized spacial score (nSPS) is 13.6. The topological polar surface area (TPSA) is 77.8 Å². The number of aliphatic carboxylic acids is 1. The Morgan fingerprint density at radius 1 is 0.806 bits per heavy atom. The van der Waals surface area contributed by atoms with Crippen LogP contribution in [0.2, 0.25) is 0 Å². The van der Waals surface area contributed by atoms with E-state index >= 15 is 0 Å². The van der Waals surface area contributed by atoms with Gasteiger partial charge in [-0.15, -0.1) is 0 Å². The second-order valence-corrected chi connectivity index (χ2v) is 8.43. The lowest BCUT2D eigenvalue weighted by Crippen LogP contribution is -1.95. The van der Waals surface area contributed by atoms with E-state index in [9.17, 15) is 15.0 Å². The molecule has 0 bridgehead atoms. The van der Waals surface area contributed by atoms with Gasteiger partial charge in [0.25, 0.3) is 0 Å². The minimum atomic E-state index is -0.847. The fourth-order valence-corrected chi connectivity index (χ4v) is 3.27. The molecule has 1 aromatic carbocycles. The summed E-state index contributed by atoms with van der Waals surface area (Å²) in [4.78, 5) is 10.8. The highest BCUT2D eigenvalue weighted by Crippen LogP contribution is 2.28. The molecule has 3 N–H and O–H groups in total. The summed E-state index contributed by atoms with van der Waals surface area (Å²) < 4.78 is 0. The van der Waals surface area contributed by atoms with E-state index in [1.54, 1.807) is 32.1 Å². The zero-order chi connectivity index (χ0) is 23.4. The van der Waals surface area contributed by atoms with E-state index in [2.05, 4.69) is 39.0 Å². The largest absolute Gasteiger partial charge is 0.508 e. The molecule has 0 fully saturated rings. The molecule has 0 saturated carbocycles.